The summed E-state index contributed by atoms with van der Waals surface area (Å²) in [6.45, 7) is 8.90. The molecule has 0 unspecified atom stereocenters. The average molecular weight is 475 g/mol. The fraction of sp³-hybridized carbons (Fsp3) is 0.231. The third-order valence-electron chi connectivity index (χ3n) is 6.39. The highest BCUT2D eigenvalue weighted by atomic mass is 32.2. The Kier molecular flexibility index (Phi) is 5.02. The third kappa shape index (κ3) is 3.54. The first-order chi connectivity index (χ1) is 16.0. The second kappa shape index (κ2) is 7.70. The number of sulfonamides is 1. The largest absolute Gasteiger partial charge is 0.384 e. The molecule has 1 aliphatic heterocycles. The lowest BCUT2D eigenvalue weighted by atomic mass is 9.88. The maximum Gasteiger partial charge on any atom is 0.281 e. The van der Waals surface area contributed by atoms with Crippen LogP contribution in [0.3, 0.4) is 0 Å². The van der Waals surface area contributed by atoms with Gasteiger partial charge in [-0.1, -0.05) is 37.6 Å². The number of fused-ring (bicyclic) bond motifs is 2. The Bertz CT molecular complexity index is 1600. The molecule has 5 rings (SSSR count). The van der Waals surface area contributed by atoms with Crippen LogP contribution in [0.4, 0.5) is 5.82 Å². The van der Waals surface area contributed by atoms with Gasteiger partial charge in [-0.2, -0.15) is 8.42 Å². The Balaban J connectivity index is 1.68. The normalized spacial score (nSPS) is 12.7. The first-order valence-electron chi connectivity index (χ1n) is 11.1. The van der Waals surface area contributed by atoms with Crippen LogP contribution in [0.15, 0.2) is 53.6 Å². The van der Waals surface area contributed by atoms with Crippen LogP contribution in [-0.2, 0) is 16.6 Å². The van der Waals surface area contributed by atoms with Crippen molar-refractivity contribution in [3.8, 4) is 11.1 Å². The van der Waals surface area contributed by atoms with Crippen LogP contribution in [0.5, 0.6) is 0 Å². The Labute approximate surface area is 198 Å². The van der Waals surface area contributed by atoms with Crippen LogP contribution < -0.4 is 10.5 Å². The highest BCUT2D eigenvalue weighted by Gasteiger charge is 2.28. The smallest absolute Gasteiger partial charge is 0.281 e. The van der Waals surface area contributed by atoms with E-state index in [0.29, 0.717) is 12.5 Å². The number of aryl methyl sites for hydroxylation is 2. The van der Waals surface area contributed by atoms with Gasteiger partial charge in [-0.25, -0.2) is 9.71 Å². The minimum atomic E-state index is -4.18. The van der Waals surface area contributed by atoms with Crippen molar-refractivity contribution in [1.29, 1.82) is 0 Å². The minimum absolute atomic E-state index is 0.0621. The van der Waals surface area contributed by atoms with Crippen LogP contribution >= 0.6 is 0 Å². The summed E-state index contributed by atoms with van der Waals surface area (Å²) in [7, 11) is -4.18. The molecule has 2 aromatic carbocycles. The molecule has 2 aromatic heterocycles. The van der Waals surface area contributed by atoms with E-state index in [-0.39, 0.29) is 16.5 Å². The number of nitrogens with one attached hydrogen (secondary N) is 1. The number of amides is 1. The number of carbonyl (C=O) groups excluding carboxylic acids is 1. The molecule has 0 saturated heterocycles. The first kappa shape index (κ1) is 22.2. The number of hydrogen-bond acceptors (Lipinski definition) is 5. The van der Waals surface area contributed by atoms with Crippen molar-refractivity contribution in [3.05, 3.63) is 76.5 Å². The van der Waals surface area contributed by atoms with Crippen molar-refractivity contribution in [2.45, 2.75) is 45.2 Å². The number of aromatic nitrogens is 2. The van der Waals surface area contributed by atoms with E-state index in [0.717, 1.165) is 33.2 Å². The maximum atomic E-state index is 13.3. The number of benzene rings is 2. The Morgan fingerprint density at radius 3 is 2.56 bits per heavy atom. The molecule has 34 heavy (non-hydrogen) atoms. The topological polar surface area (TPSA) is 107 Å². The van der Waals surface area contributed by atoms with Crippen LogP contribution in [0.2, 0.25) is 0 Å². The first-order valence-corrected chi connectivity index (χ1v) is 12.6. The van der Waals surface area contributed by atoms with Gasteiger partial charge in [-0.15, -0.1) is 0 Å². The summed E-state index contributed by atoms with van der Waals surface area (Å²) in [6.07, 6.45) is 0. The van der Waals surface area contributed by atoms with E-state index in [1.807, 2.05) is 4.57 Å². The van der Waals surface area contributed by atoms with Gasteiger partial charge in [0, 0.05) is 17.5 Å². The maximum absolute atomic E-state index is 13.3. The minimum Gasteiger partial charge on any atom is -0.384 e. The molecular formula is C26H26N4O3S. The van der Waals surface area contributed by atoms with Gasteiger partial charge in [0.15, 0.2) is 5.03 Å². The van der Waals surface area contributed by atoms with Gasteiger partial charge >= 0.3 is 0 Å². The molecule has 0 spiro atoms. The van der Waals surface area contributed by atoms with Gasteiger partial charge in [-0.3, -0.25) is 4.79 Å². The molecule has 174 valence electrons. The third-order valence-corrected chi connectivity index (χ3v) is 7.62. The van der Waals surface area contributed by atoms with Crippen molar-refractivity contribution in [2.75, 3.05) is 5.73 Å². The summed E-state index contributed by atoms with van der Waals surface area (Å²) < 4.78 is 29.8. The molecule has 0 radical (unpaired) electrons. The number of anilines is 1. The van der Waals surface area contributed by atoms with Crippen molar-refractivity contribution >= 4 is 32.7 Å². The summed E-state index contributed by atoms with van der Waals surface area (Å²) in [5.41, 5.74) is 13.7. The SMILES string of the molecule is Cc1cc(C)c2c(c1)-c1cc(C(C)C)cc3cc(C(=O)NS(=O)(=O)c4cccc(N)n4)n(c13)C2. The van der Waals surface area contributed by atoms with E-state index in [1.165, 1.54) is 29.3 Å². The Hall–Kier alpha value is -3.65. The standard InChI is InChI=1S/C26H26N4O3S/c1-14(2)17-10-18-12-22(26(31)29-34(32,33)24-7-5-6-23(27)28-24)30-13-21-16(4)8-15(3)9-19(21)20(11-17)25(18)30/h5-12,14H,13H2,1-4H3,(H2,27,28)(H,29,31). The predicted molar refractivity (Wildman–Crippen MR) is 133 cm³/mol. The fourth-order valence-electron chi connectivity index (χ4n) is 4.74. The molecule has 0 aliphatic carbocycles. The van der Waals surface area contributed by atoms with E-state index in [9.17, 15) is 13.2 Å². The second-order valence-electron chi connectivity index (χ2n) is 9.22. The lowest BCUT2D eigenvalue weighted by Gasteiger charge is -2.25. The summed E-state index contributed by atoms with van der Waals surface area (Å²) in [5.74, 6) is -0.342. The van der Waals surface area contributed by atoms with Gasteiger partial charge in [0.05, 0.1) is 5.52 Å². The summed E-state index contributed by atoms with van der Waals surface area (Å²) >= 11 is 0. The van der Waals surface area contributed by atoms with Crippen molar-refractivity contribution in [1.82, 2.24) is 14.3 Å². The molecule has 3 N–H and O–H groups in total. The monoisotopic (exact) mass is 474 g/mol. The molecule has 0 bridgehead atoms. The molecule has 8 heteroatoms. The molecule has 3 heterocycles. The lowest BCUT2D eigenvalue weighted by molar-refractivity contribution is 0.0973. The number of pyridine rings is 1. The second-order valence-corrected chi connectivity index (χ2v) is 10.8. The number of nitrogens with two attached hydrogens (primary N) is 1. The zero-order valence-corrected chi connectivity index (χ0v) is 20.3. The van der Waals surface area contributed by atoms with E-state index < -0.39 is 15.9 Å². The van der Waals surface area contributed by atoms with Gasteiger partial charge in [0.25, 0.3) is 15.9 Å². The molecule has 4 aromatic rings. The molecule has 1 amide bonds. The number of nitrogen functional groups attached to an aromatic ring is 1. The zero-order valence-electron chi connectivity index (χ0n) is 19.5. The molecule has 0 saturated carbocycles. The summed E-state index contributed by atoms with van der Waals surface area (Å²) in [4.78, 5) is 17.2. The number of carbonyl (C=O) groups is 1. The Morgan fingerprint density at radius 1 is 1.09 bits per heavy atom. The van der Waals surface area contributed by atoms with Crippen molar-refractivity contribution in [3.63, 3.8) is 0 Å². The van der Waals surface area contributed by atoms with Crippen molar-refractivity contribution < 1.29 is 13.2 Å². The lowest BCUT2D eigenvalue weighted by Crippen LogP contribution is -2.33. The van der Waals surface area contributed by atoms with Crippen LogP contribution in [-0.4, -0.2) is 23.9 Å². The van der Waals surface area contributed by atoms with Crippen LogP contribution in [0.1, 0.15) is 52.5 Å². The molecule has 0 atom stereocenters. The van der Waals surface area contributed by atoms with Gasteiger partial charge < -0.3 is 10.3 Å². The Morgan fingerprint density at radius 2 is 1.85 bits per heavy atom. The van der Waals surface area contributed by atoms with Crippen LogP contribution in [0, 0.1) is 13.8 Å². The van der Waals surface area contributed by atoms with Gasteiger partial charge in [-0.05, 0) is 72.4 Å². The zero-order chi connectivity index (χ0) is 24.4. The molecular weight excluding hydrogens is 448 g/mol. The number of hydrogen-bond donors (Lipinski definition) is 2. The summed E-state index contributed by atoms with van der Waals surface area (Å²) in [6, 6.07) is 14.6. The average Bonchev–Trinajstić information content (AvgIpc) is 3.13. The van der Waals surface area contributed by atoms with E-state index in [2.05, 4.69) is 61.7 Å². The summed E-state index contributed by atoms with van der Waals surface area (Å²) in [5, 5.41) is 0.616. The van der Waals surface area contributed by atoms with Gasteiger partial charge in [0.1, 0.15) is 11.5 Å². The highest BCUT2D eigenvalue weighted by Crippen LogP contribution is 2.41. The molecule has 1 aliphatic rings. The van der Waals surface area contributed by atoms with E-state index in [1.54, 1.807) is 6.07 Å². The van der Waals surface area contributed by atoms with E-state index >= 15 is 0 Å². The predicted octanol–water partition coefficient (Wildman–Crippen LogP) is 4.51. The van der Waals surface area contributed by atoms with Crippen LogP contribution in [0.25, 0.3) is 22.0 Å². The number of rotatable bonds is 4. The van der Waals surface area contributed by atoms with E-state index in [4.69, 9.17) is 5.73 Å². The molecule has 0 fully saturated rings. The van der Waals surface area contributed by atoms with Crippen molar-refractivity contribution in [2.24, 2.45) is 0 Å². The van der Waals surface area contributed by atoms with Gasteiger partial charge in [0.2, 0.25) is 0 Å². The fourth-order valence-corrected chi connectivity index (χ4v) is 5.68. The quantitative estimate of drug-likeness (QED) is 0.399. The number of nitrogens with zero attached hydrogens (tertiary/aromatic N) is 2. The molecule has 7 nitrogen and oxygen atoms in total. The highest BCUT2D eigenvalue weighted by molar-refractivity contribution is 7.90.